The first kappa shape index (κ1) is 16.3. The van der Waals surface area contributed by atoms with Gasteiger partial charge in [-0.3, -0.25) is 4.98 Å². The second-order valence-corrected chi connectivity index (χ2v) is 5.95. The van der Waals surface area contributed by atoms with E-state index in [9.17, 15) is 4.79 Å². The van der Waals surface area contributed by atoms with E-state index in [4.69, 9.17) is 9.47 Å². The summed E-state index contributed by atoms with van der Waals surface area (Å²) in [5.41, 5.74) is 0.470. The van der Waals surface area contributed by atoms with E-state index < -0.39 is 0 Å². The number of pyridine rings is 1. The van der Waals surface area contributed by atoms with Crippen molar-refractivity contribution in [2.24, 2.45) is 0 Å². The summed E-state index contributed by atoms with van der Waals surface area (Å²) in [6.45, 7) is 0.495. The number of nitrogens with zero attached hydrogens (tertiary/aromatic N) is 1. The maximum absolute atomic E-state index is 12.2. The lowest BCUT2D eigenvalue weighted by Crippen LogP contribution is -2.13. The van der Waals surface area contributed by atoms with E-state index in [1.54, 1.807) is 18.0 Å². The molecular formula is C19H17NO3S. The predicted octanol–water partition coefficient (Wildman–Crippen LogP) is 4.19. The van der Waals surface area contributed by atoms with Crippen LogP contribution in [0.1, 0.15) is 10.4 Å². The van der Waals surface area contributed by atoms with Gasteiger partial charge in [-0.2, -0.15) is 0 Å². The Morgan fingerprint density at radius 2 is 1.83 bits per heavy atom. The van der Waals surface area contributed by atoms with Crippen molar-refractivity contribution in [2.45, 2.75) is 4.90 Å². The van der Waals surface area contributed by atoms with Crippen LogP contribution in [-0.2, 0) is 4.74 Å². The molecule has 0 fully saturated rings. The summed E-state index contributed by atoms with van der Waals surface area (Å²) in [6, 6.07) is 15.4. The van der Waals surface area contributed by atoms with Crippen LogP contribution in [0.4, 0.5) is 0 Å². The number of esters is 1. The van der Waals surface area contributed by atoms with Gasteiger partial charge in [-0.25, -0.2) is 4.79 Å². The molecular weight excluding hydrogens is 322 g/mol. The molecule has 0 atom stereocenters. The average Bonchev–Trinajstić information content (AvgIpc) is 2.65. The third-order valence-electron chi connectivity index (χ3n) is 3.53. The first-order valence-electron chi connectivity index (χ1n) is 7.54. The van der Waals surface area contributed by atoms with Crippen LogP contribution >= 0.6 is 11.8 Å². The van der Waals surface area contributed by atoms with Crippen molar-refractivity contribution in [3.05, 3.63) is 66.5 Å². The number of hydrogen-bond donors (Lipinski definition) is 0. The van der Waals surface area contributed by atoms with E-state index in [0.717, 1.165) is 16.5 Å². The molecule has 0 unspecified atom stereocenters. The lowest BCUT2D eigenvalue weighted by Gasteiger charge is -2.09. The lowest BCUT2D eigenvalue weighted by molar-refractivity contribution is 0.0452. The monoisotopic (exact) mass is 339 g/mol. The molecule has 5 heteroatoms. The molecule has 0 spiro atoms. The molecule has 0 aliphatic carbocycles. The fourth-order valence-corrected chi connectivity index (χ4v) is 2.73. The summed E-state index contributed by atoms with van der Waals surface area (Å²) in [6.07, 6.45) is 5.29. The molecule has 1 heterocycles. The molecule has 24 heavy (non-hydrogen) atoms. The van der Waals surface area contributed by atoms with Crippen molar-refractivity contribution in [2.75, 3.05) is 19.5 Å². The van der Waals surface area contributed by atoms with Gasteiger partial charge in [0.05, 0.1) is 5.56 Å². The van der Waals surface area contributed by atoms with Crippen molar-refractivity contribution in [3.63, 3.8) is 0 Å². The van der Waals surface area contributed by atoms with Crippen LogP contribution in [0.5, 0.6) is 5.75 Å². The average molecular weight is 339 g/mol. The van der Waals surface area contributed by atoms with E-state index in [0.29, 0.717) is 12.2 Å². The maximum atomic E-state index is 12.2. The minimum atomic E-state index is -0.388. The molecule has 0 saturated carbocycles. The molecule has 4 nitrogen and oxygen atoms in total. The van der Waals surface area contributed by atoms with Crippen LogP contribution < -0.4 is 4.74 Å². The fourth-order valence-electron chi connectivity index (χ4n) is 2.32. The van der Waals surface area contributed by atoms with Crippen molar-refractivity contribution < 1.29 is 14.3 Å². The highest BCUT2D eigenvalue weighted by Gasteiger charge is 2.11. The number of thioether (sulfide) groups is 1. The highest BCUT2D eigenvalue weighted by atomic mass is 32.2. The van der Waals surface area contributed by atoms with Crippen LogP contribution in [0, 0.1) is 0 Å². The number of benzene rings is 2. The Kier molecular flexibility index (Phi) is 5.33. The number of ether oxygens (including phenoxy) is 2. The quantitative estimate of drug-likeness (QED) is 0.383. The summed E-state index contributed by atoms with van der Waals surface area (Å²) >= 11 is 1.68. The SMILES string of the molecule is CSc1ccc(OCCOC(=O)c2cncc3ccccc23)cc1. The summed E-state index contributed by atoms with van der Waals surface area (Å²) < 4.78 is 10.9. The van der Waals surface area contributed by atoms with Crippen LogP contribution in [0.15, 0.2) is 65.8 Å². The first-order valence-corrected chi connectivity index (χ1v) is 8.77. The molecule has 0 aliphatic heterocycles. The molecule has 0 saturated heterocycles. The third-order valence-corrected chi connectivity index (χ3v) is 4.28. The Bertz CT molecular complexity index is 828. The molecule has 0 radical (unpaired) electrons. The third kappa shape index (κ3) is 3.86. The van der Waals surface area contributed by atoms with Crippen LogP contribution in [-0.4, -0.2) is 30.4 Å². The smallest absolute Gasteiger partial charge is 0.340 e. The van der Waals surface area contributed by atoms with Crippen molar-refractivity contribution in [3.8, 4) is 5.75 Å². The number of fused-ring (bicyclic) bond motifs is 1. The molecule has 0 N–H and O–H groups in total. The van der Waals surface area contributed by atoms with Gasteiger partial charge in [-0.1, -0.05) is 24.3 Å². The van der Waals surface area contributed by atoms with Crippen molar-refractivity contribution >= 4 is 28.5 Å². The largest absolute Gasteiger partial charge is 0.490 e. The van der Waals surface area contributed by atoms with Gasteiger partial charge in [0.2, 0.25) is 0 Å². The van der Waals surface area contributed by atoms with Gasteiger partial charge in [0.15, 0.2) is 0 Å². The number of aromatic nitrogens is 1. The van der Waals surface area contributed by atoms with E-state index in [1.807, 2.05) is 54.8 Å². The zero-order valence-electron chi connectivity index (χ0n) is 13.3. The molecule has 2 aromatic carbocycles. The number of rotatable bonds is 6. The van der Waals surface area contributed by atoms with Crippen molar-refractivity contribution in [1.29, 1.82) is 0 Å². The Hall–Kier alpha value is -2.53. The summed E-state index contributed by atoms with van der Waals surface area (Å²) in [5, 5.41) is 1.75. The highest BCUT2D eigenvalue weighted by Crippen LogP contribution is 2.19. The van der Waals surface area contributed by atoms with Gasteiger partial charge in [-0.15, -0.1) is 11.8 Å². The van der Waals surface area contributed by atoms with E-state index in [-0.39, 0.29) is 12.6 Å². The molecule has 1 aromatic heterocycles. The Morgan fingerprint density at radius 3 is 2.62 bits per heavy atom. The van der Waals surface area contributed by atoms with Crippen LogP contribution in [0.2, 0.25) is 0 Å². The zero-order chi connectivity index (χ0) is 16.8. The van der Waals surface area contributed by atoms with Crippen molar-refractivity contribution in [1.82, 2.24) is 4.98 Å². The van der Waals surface area contributed by atoms with E-state index in [1.165, 1.54) is 11.1 Å². The molecule has 3 rings (SSSR count). The number of carbonyl (C=O) groups excluding carboxylic acids is 1. The van der Waals surface area contributed by atoms with Gasteiger partial charge in [0.1, 0.15) is 19.0 Å². The summed E-state index contributed by atoms with van der Waals surface area (Å²) in [5.74, 6) is 0.372. The Labute approximate surface area is 144 Å². The van der Waals surface area contributed by atoms with Gasteiger partial charge in [0.25, 0.3) is 0 Å². The summed E-state index contributed by atoms with van der Waals surface area (Å²) in [4.78, 5) is 17.5. The Balaban J connectivity index is 1.55. The zero-order valence-corrected chi connectivity index (χ0v) is 14.1. The topological polar surface area (TPSA) is 48.4 Å². The predicted molar refractivity (Wildman–Crippen MR) is 95.7 cm³/mol. The normalized spacial score (nSPS) is 10.5. The number of hydrogen-bond acceptors (Lipinski definition) is 5. The van der Waals surface area contributed by atoms with Gasteiger partial charge in [-0.05, 0) is 35.9 Å². The Morgan fingerprint density at radius 1 is 1.04 bits per heavy atom. The standard InChI is InChI=1S/C19H17NO3S/c1-24-16-8-6-15(7-9-16)22-10-11-23-19(21)18-13-20-12-14-4-2-3-5-17(14)18/h2-9,12-13H,10-11H2,1H3. The molecule has 0 aliphatic rings. The highest BCUT2D eigenvalue weighted by molar-refractivity contribution is 7.98. The molecule has 122 valence electrons. The maximum Gasteiger partial charge on any atom is 0.340 e. The van der Waals surface area contributed by atoms with E-state index in [2.05, 4.69) is 4.98 Å². The number of carbonyl (C=O) groups is 1. The van der Waals surface area contributed by atoms with E-state index >= 15 is 0 Å². The second-order valence-electron chi connectivity index (χ2n) is 5.07. The van der Waals surface area contributed by atoms with Crippen LogP contribution in [0.25, 0.3) is 10.8 Å². The molecule has 0 amide bonds. The van der Waals surface area contributed by atoms with Gasteiger partial charge in [0, 0.05) is 22.7 Å². The first-order chi connectivity index (χ1) is 11.8. The summed E-state index contributed by atoms with van der Waals surface area (Å²) in [7, 11) is 0. The van der Waals surface area contributed by atoms with Crippen LogP contribution in [0.3, 0.4) is 0 Å². The fraction of sp³-hybridized carbons (Fsp3) is 0.158. The van der Waals surface area contributed by atoms with Gasteiger partial charge >= 0.3 is 5.97 Å². The molecule has 0 bridgehead atoms. The molecule has 3 aromatic rings. The minimum Gasteiger partial charge on any atom is -0.490 e. The second kappa shape index (κ2) is 7.84. The minimum absolute atomic E-state index is 0.187. The lowest BCUT2D eigenvalue weighted by atomic mass is 10.1. The van der Waals surface area contributed by atoms with Gasteiger partial charge < -0.3 is 9.47 Å².